The topological polar surface area (TPSA) is 58.6 Å². The van der Waals surface area contributed by atoms with Gasteiger partial charge in [-0.3, -0.25) is 9.59 Å². The number of benzene rings is 2. The summed E-state index contributed by atoms with van der Waals surface area (Å²) >= 11 is 3.26. The van der Waals surface area contributed by atoms with Crippen molar-refractivity contribution in [1.82, 2.24) is 0 Å². The molecule has 2 aromatic carbocycles. The molecule has 0 radical (unpaired) electrons. The molecule has 1 saturated heterocycles. The Balaban J connectivity index is 1.65. The summed E-state index contributed by atoms with van der Waals surface area (Å²) in [5.74, 6) is -0.356. The van der Waals surface area contributed by atoms with Crippen molar-refractivity contribution in [2.75, 3.05) is 16.8 Å². The first-order valence-electron chi connectivity index (χ1n) is 8.56. The number of rotatable bonds is 6. The van der Waals surface area contributed by atoms with Crippen LogP contribution < -0.4 is 15.0 Å². The number of carbonyl (C=O) groups is 2. The summed E-state index contributed by atoms with van der Waals surface area (Å²) in [5.41, 5.74) is 1.69. The minimum atomic E-state index is -2.96. The van der Waals surface area contributed by atoms with Crippen LogP contribution in [0.1, 0.15) is 18.4 Å². The maximum atomic E-state index is 12.5. The van der Waals surface area contributed by atoms with E-state index in [1.807, 2.05) is 0 Å². The van der Waals surface area contributed by atoms with Gasteiger partial charge in [-0.15, -0.1) is 0 Å². The second kappa shape index (κ2) is 8.97. The molecule has 0 aromatic heterocycles. The molecule has 0 aliphatic carbocycles. The van der Waals surface area contributed by atoms with Crippen molar-refractivity contribution >= 4 is 45.2 Å². The van der Waals surface area contributed by atoms with E-state index in [9.17, 15) is 18.4 Å². The van der Waals surface area contributed by atoms with Crippen molar-refractivity contribution < 1.29 is 23.1 Å². The van der Waals surface area contributed by atoms with Crippen molar-refractivity contribution in [1.29, 1.82) is 0 Å². The summed E-state index contributed by atoms with van der Waals surface area (Å²) in [6.45, 7) is -2.26. The molecule has 28 heavy (non-hydrogen) atoms. The lowest BCUT2D eigenvalue weighted by molar-refractivity contribution is -0.117. The summed E-state index contributed by atoms with van der Waals surface area (Å²) in [6, 6.07) is 11.5. The first-order chi connectivity index (χ1) is 13.4. The molecule has 3 rings (SSSR count). The third-order valence-electron chi connectivity index (χ3n) is 4.12. The maximum absolute atomic E-state index is 12.5. The Bertz CT molecular complexity index is 901. The second-order valence-electron chi connectivity index (χ2n) is 6.08. The van der Waals surface area contributed by atoms with Gasteiger partial charge in [0.25, 0.3) is 0 Å². The highest BCUT2D eigenvalue weighted by Gasteiger charge is 2.21. The van der Waals surface area contributed by atoms with E-state index < -0.39 is 12.5 Å². The third kappa shape index (κ3) is 5.16. The molecule has 2 amide bonds. The fourth-order valence-electron chi connectivity index (χ4n) is 2.85. The molecule has 5 nitrogen and oxygen atoms in total. The summed E-state index contributed by atoms with van der Waals surface area (Å²) in [4.78, 5) is 25.6. The van der Waals surface area contributed by atoms with Crippen LogP contribution in [0.4, 0.5) is 20.2 Å². The van der Waals surface area contributed by atoms with E-state index >= 15 is 0 Å². The molecule has 1 fully saturated rings. The highest BCUT2D eigenvalue weighted by molar-refractivity contribution is 9.10. The first-order valence-corrected chi connectivity index (χ1v) is 9.35. The normalized spacial score (nSPS) is 14.1. The van der Waals surface area contributed by atoms with E-state index in [1.165, 1.54) is 18.2 Å². The van der Waals surface area contributed by atoms with Gasteiger partial charge in [-0.25, -0.2) is 0 Å². The SMILES string of the molecule is O=C(/C=C/c1cc(Br)ccc1OC(F)F)Nc1ccc(N2CCCC2=O)cc1. The number of anilines is 2. The quantitative estimate of drug-likeness (QED) is 0.641. The summed E-state index contributed by atoms with van der Waals surface area (Å²) in [5, 5.41) is 2.69. The Morgan fingerprint density at radius 2 is 1.96 bits per heavy atom. The van der Waals surface area contributed by atoms with Gasteiger partial charge < -0.3 is 15.0 Å². The van der Waals surface area contributed by atoms with Crippen molar-refractivity contribution in [3.8, 4) is 5.75 Å². The molecule has 1 aliphatic heterocycles. The number of ether oxygens (including phenoxy) is 1. The molecule has 1 N–H and O–H groups in total. The number of hydrogen-bond donors (Lipinski definition) is 1. The predicted molar refractivity (Wildman–Crippen MR) is 106 cm³/mol. The highest BCUT2D eigenvalue weighted by Crippen LogP contribution is 2.26. The Kier molecular flexibility index (Phi) is 6.41. The molecule has 146 valence electrons. The molecular weight excluding hydrogens is 434 g/mol. The van der Waals surface area contributed by atoms with Crippen molar-refractivity contribution in [3.63, 3.8) is 0 Å². The van der Waals surface area contributed by atoms with Gasteiger partial charge in [0.05, 0.1) is 0 Å². The van der Waals surface area contributed by atoms with Crippen molar-refractivity contribution in [2.45, 2.75) is 19.5 Å². The van der Waals surface area contributed by atoms with E-state index in [0.29, 0.717) is 28.7 Å². The van der Waals surface area contributed by atoms with E-state index in [2.05, 4.69) is 26.0 Å². The van der Waals surface area contributed by atoms with Crippen LogP contribution in [-0.2, 0) is 9.59 Å². The molecule has 0 spiro atoms. The summed E-state index contributed by atoms with van der Waals surface area (Å²) in [6.07, 6.45) is 4.03. The average Bonchev–Trinajstić information content (AvgIpc) is 3.08. The zero-order chi connectivity index (χ0) is 20.1. The van der Waals surface area contributed by atoms with Gasteiger partial charge in [0, 0.05) is 40.5 Å². The number of amides is 2. The van der Waals surface area contributed by atoms with E-state index in [0.717, 1.165) is 12.1 Å². The van der Waals surface area contributed by atoms with Crippen LogP contribution >= 0.6 is 15.9 Å². The van der Waals surface area contributed by atoms with Gasteiger partial charge in [-0.05, 0) is 55.0 Å². The van der Waals surface area contributed by atoms with Crippen LogP contribution in [0.15, 0.2) is 53.0 Å². The second-order valence-corrected chi connectivity index (χ2v) is 6.99. The van der Waals surface area contributed by atoms with Crippen LogP contribution in [0.3, 0.4) is 0 Å². The van der Waals surface area contributed by atoms with Crippen molar-refractivity contribution in [2.24, 2.45) is 0 Å². The van der Waals surface area contributed by atoms with Crippen LogP contribution in [0.25, 0.3) is 6.08 Å². The number of carbonyl (C=O) groups excluding carboxylic acids is 2. The van der Waals surface area contributed by atoms with Crippen molar-refractivity contribution in [3.05, 3.63) is 58.6 Å². The predicted octanol–water partition coefficient (Wildman–Crippen LogP) is 4.83. The van der Waals surface area contributed by atoms with E-state index in [4.69, 9.17) is 0 Å². The zero-order valence-electron chi connectivity index (χ0n) is 14.7. The Hall–Kier alpha value is -2.74. The highest BCUT2D eigenvalue weighted by atomic mass is 79.9. The van der Waals surface area contributed by atoms with Gasteiger partial charge >= 0.3 is 6.61 Å². The molecule has 0 atom stereocenters. The molecule has 0 unspecified atom stereocenters. The van der Waals surface area contributed by atoms with Crippen LogP contribution in [0.5, 0.6) is 5.75 Å². The lowest BCUT2D eigenvalue weighted by Gasteiger charge is -2.15. The monoisotopic (exact) mass is 450 g/mol. The van der Waals surface area contributed by atoms with E-state index in [1.54, 1.807) is 41.3 Å². The minimum absolute atomic E-state index is 0.0260. The van der Waals surface area contributed by atoms with Gasteiger partial charge in [-0.2, -0.15) is 8.78 Å². The van der Waals surface area contributed by atoms with Crippen LogP contribution in [-0.4, -0.2) is 25.0 Å². The van der Waals surface area contributed by atoms with Gasteiger partial charge in [0.2, 0.25) is 11.8 Å². The summed E-state index contributed by atoms with van der Waals surface area (Å²) in [7, 11) is 0. The Morgan fingerprint density at radius 3 is 2.61 bits per heavy atom. The number of halogens is 3. The Labute approximate surface area is 169 Å². The average molecular weight is 451 g/mol. The molecule has 2 aromatic rings. The number of alkyl halides is 2. The smallest absolute Gasteiger partial charge is 0.387 e. The zero-order valence-corrected chi connectivity index (χ0v) is 16.3. The molecular formula is C20H17BrF2N2O3. The minimum Gasteiger partial charge on any atom is -0.434 e. The van der Waals surface area contributed by atoms with E-state index in [-0.39, 0.29) is 11.7 Å². The number of nitrogens with zero attached hydrogens (tertiary/aromatic N) is 1. The third-order valence-corrected chi connectivity index (χ3v) is 4.62. The fraction of sp³-hybridized carbons (Fsp3) is 0.200. The van der Waals surface area contributed by atoms with Gasteiger partial charge in [0.1, 0.15) is 5.75 Å². The maximum Gasteiger partial charge on any atom is 0.387 e. The lowest BCUT2D eigenvalue weighted by Crippen LogP contribution is -2.23. The number of hydrogen-bond acceptors (Lipinski definition) is 3. The van der Waals surface area contributed by atoms with Gasteiger partial charge in [-0.1, -0.05) is 15.9 Å². The largest absolute Gasteiger partial charge is 0.434 e. The number of nitrogens with one attached hydrogen (secondary N) is 1. The molecule has 1 aliphatic rings. The molecule has 8 heteroatoms. The molecule has 0 saturated carbocycles. The van der Waals surface area contributed by atoms with Crippen LogP contribution in [0, 0.1) is 0 Å². The van der Waals surface area contributed by atoms with Crippen LogP contribution in [0.2, 0.25) is 0 Å². The van der Waals surface area contributed by atoms with Gasteiger partial charge in [0.15, 0.2) is 0 Å². The molecule has 1 heterocycles. The first kappa shape index (κ1) is 20.0. The molecule has 0 bridgehead atoms. The standard InChI is InChI=1S/C20H17BrF2N2O3/c21-14-4-9-17(28-20(22)23)13(12-14)3-10-18(26)24-15-5-7-16(8-6-15)25-11-1-2-19(25)27/h3-10,12,20H,1-2,11H2,(H,24,26)/b10-3+. The fourth-order valence-corrected chi connectivity index (χ4v) is 3.23. The summed E-state index contributed by atoms with van der Waals surface area (Å²) < 4.78 is 30.1. The Morgan fingerprint density at radius 1 is 1.21 bits per heavy atom. The lowest BCUT2D eigenvalue weighted by atomic mass is 10.2.